The Morgan fingerprint density at radius 1 is 1.42 bits per heavy atom. The maximum absolute atomic E-state index is 5.96. The molecule has 0 bridgehead atoms. The normalized spacial score (nSPS) is 16.3. The van der Waals surface area contributed by atoms with Gasteiger partial charge in [-0.3, -0.25) is 4.90 Å². The molecule has 6 nitrogen and oxygen atoms in total. The third kappa shape index (κ3) is 4.14. The topological polar surface area (TPSA) is 76.3 Å². The largest absolute Gasteiger partial charge is 0.476 e. The summed E-state index contributed by atoms with van der Waals surface area (Å²) in [4.78, 5) is 10.6. The number of hydrogen-bond acceptors (Lipinski definition) is 7. The first-order chi connectivity index (χ1) is 9.31. The molecule has 7 heteroatoms. The first-order valence-electron chi connectivity index (χ1n) is 6.58. The summed E-state index contributed by atoms with van der Waals surface area (Å²) in [5, 5.41) is 3.25. The molecule has 2 heterocycles. The highest BCUT2D eigenvalue weighted by molar-refractivity contribution is 7.99. The van der Waals surface area contributed by atoms with Gasteiger partial charge in [0.25, 0.3) is 0 Å². The van der Waals surface area contributed by atoms with Crippen molar-refractivity contribution in [1.82, 2.24) is 14.9 Å². The van der Waals surface area contributed by atoms with Crippen LogP contribution in [0.5, 0.6) is 5.88 Å². The second kappa shape index (κ2) is 7.40. The monoisotopic (exact) mass is 283 g/mol. The molecular formula is C12H21N5OS. The summed E-state index contributed by atoms with van der Waals surface area (Å²) in [7, 11) is 0. The fourth-order valence-corrected chi connectivity index (χ4v) is 2.91. The Hall–Kier alpha value is -1.21. The summed E-state index contributed by atoms with van der Waals surface area (Å²) >= 11 is 2.02. The quantitative estimate of drug-likeness (QED) is 0.804. The molecule has 0 saturated carbocycles. The Balaban J connectivity index is 1.83. The Bertz CT molecular complexity index is 398. The van der Waals surface area contributed by atoms with E-state index in [1.165, 1.54) is 17.8 Å². The summed E-state index contributed by atoms with van der Waals surface area (Å²) in [5.74, 6) is 3.56. The smallest absolute Gasteiger partial charge is 0.242 e. The van der Waals surface area contributed by atoms with Gasteiger partial charge < -0.3 is 15.8 Å². The van der Waals surface area contributed by atoms with Crippen molar-refractivity contribution in [2.24, 2.45) is 0 Å². The van der Waals surface area contributed by atoms with Gasteiger partial charge in [0.05, 0.1) is 6.61 Å². The fourth-order valence-electron chi connectivity index (χ4n) is 1.93. The van der Waals surface area contributed by atoms with Crippen molar-refractivity contribution in [3.63, 3.8) is 0 Å². The number of nitrogens with zero attached hydrogens (tertiary/aromatic N) is 3. The summed E-state index contributed by atoms with van der Waals surface area (Å²) in [6, 6.07) is 0. The van der Waals surface area contributed by atoms with Crippen LogP contribution in [0.2, 0.25) is 0 Å². The zero-order chi connectivity index (χ0) is 13.5. The van der Waals surface area contributed by atoms with Gasteiger partial charge in [-0.05, 0) is 6.92 Å². The van der Waals surface area contributed by atoms with Crippen molar-refractivity contribution >= 4 is 23.3 Å². The molecule has 2 rings (SSSR count). The second-order valence-electron chi connectivity index (χ2n) is 4.25. The number of rotatable bonds is 6. The maximum Gasteiger partial charge on any atom is 0.242 e. The molecule has 1 aliphatic rings. The Morgan fingerprint density at radius 2 is 2.21 bits per heavy atom. The van der Waals surface area contributed by atoms with Crippen molar-refractivity contribution in [1.29, 1.82) is 0 Å². The second-order valence-corrected chi connectivity index (χ2v) is 5.48. The van der Waals surface area contributed by atoms with Crippen LogP contribution in [0.25, 0.3) is 0 Å². The van der Waals surface area contributed by atoms with Gasteiger partial charge in [-0.25, -0.2) is 4.98 Å². The Morgan fingerprint density at radius 3 is 2.95 bits per heavy atom. The van der Waals surface area contributed by atoms with Gasteiger partial charge in [0, 0.05) is 37.7 Å². The minimum atomic E-state index is 0.453. The molecule has 1 aromatic heterocycles. The number of nitrogen functional groups attached to an aromatic ring is 1. The molecule has 106 valence electrons. The van der Waals surface area contributed by atoms with E-state index < -0.39 is 0 Å². The predicted molar refractivity (Wildman–Crippen MR) is 79.9 cm³/mol. The third-order valence-corrected chi connectivity index (χ3v) is 3.90. The van der Waals surface area contributed by atoms with Crippen LogP contribution in [0, 0.1) is 0 Å². The van der Waals surface area contributed by atoms with Crippen molar-refractivity contribution in [3.05, 3.63) is 6.33 Å². The summed E-state index contributed by atoms with van der Waals surface area (Å²) in [6.07, 6.45) is 1.47. The standard InChI is InChI=1S/C12H21N5OS/c1-2-18-12-10(13)11(15-9-16-12)14-3-4-17-5-7-19-8-6-17/h9H,2-8,13H2,1H3,(H,14,15,16). The number of ether oxygens (including phenoxy) is 1. The highest BCUT2D eigenvalue weighted by Gasteiger charge is 2.11. The lowest BCUT2D eigenvalue weighted by Crippen LogP contribution is -2.36. The van der Waals surface area contributed by atoms with E-state index in [2.05, 4.69) is 20.2 Å². The van der Waals surface area contributed by atoms with E-state index in [1.807, 2.05) is 18.7 Å². The van der Waals surface area contributed by atoms with Crippen molar-refractivity contribution in [3.8, 4) is 5.88 Å². The van der Waals surface area contributed by atoms with Crippen LogP contribution in [0.1, 0.15) is 6.92 Å². The number of nitrogens with one attached hydrogen (secondary N) is 1. The molecular weight excluding hydrogens is 262 g/mol. The van der Waals surface area contributed by atoms with Crippen LogP contribution in [0.3, 0.4) is 0 Å². The third-order valence-electron chi connectivity index (χ3n) is 2.95. The molecule has 0 spiro atoms. The molecule has 3 N–H and O–H groups in total. The molecule has 0 aromatic carbocycles. The maximum atomic E-state index is 5.96. The van der Waals surface area contributed by atoms with E-state index >= 15 is 0 Å². The molecule has 0 amide bonds. The van der Waals surface area contributed by atoms with Crippen LogP contribution in [0.4, 0.5) is 11.5 Å². The average molecular weight is 283 g/mol. The van der Waals surface area contributed by atoms with Crippen molar-refractivity contribution in [2.75, 3.05) is 55.3 Å². The lowest BCUT2D eigenvalue weighted by atomic mass is 10.4. The zero-order valence-electron chi connectivity index (χ0n) is 11.3. The van der Waals surface area contributed by atoms with Gasteiger partial charge in [0.1, 0.15) is 12.0 Å². The zero-order valence-corrected chi connectivity index (χ0v) is 12.1. The van der Waals surface area contributed by atoms with E-state index in [0.717, 1.165) is 26.2 Å². The van der Waals surface area contributed by atoms with E-state index in [4.69, 9.17) is 10.5 Å². The predicted octanol–water partition coefficient (Wildman–Crippen LogP) is 0.918. The van der Waals surface area contributed by atoms with E-state index in [0.29, 0.717) is 24.0 Å². The highest BCUT2D eigenvalue weighted by Crippen LogP contribution is 2.24. The Kier molecular flexibility index (Phi) is 5.53. The van der Waals surface area contributed by atoms with Crippen LogP contribution < -0.4 is 15.8 Å². The lowest BCUT2D eigenvalue weighted by molar-refractivity contribution is 0.314. The molecule has 1 fully saturated rings. The molecule has 0 atom stereocenters. The molecule has 19 heavy (non-hydrogen) atoms. The number of hydrogen-bond donors (Lipinski definition) is 2. The van der Waals surface area contributed by atoms with E-state index in [9.17, 15) is 0 Å². The van der Waals surface area contributed by atoms with Crippen LogP contribution in [0.15, 0.2) is 6.33 Å². The molecule has 0 aliphatic carbocycles. The van der Waals surface area contributed by atoms with Crippen LogP contribution in [-0.4, -0.2) is 59.2 Å². The van der Waals surface area contributed by atoms with Gasteiger partial charge in [-0.15, -0.1) is 0 Å². The first-order valence-corrected chi connectivity index (χ1v) is 7.74. The van der Waals surface area contributed by atoms with Gasteiger partial charge in [-0.2, -0.15) is 16.7 Å². The van der Waals surface area contributed by atoms with Crippen molar-refractivity contribution in [2.45, 2.75) is 6.92 Å². The highest BCUT2D eigenvalue weighted by atomic mass is 32.2. The number of anilines is 2. The molecule has 1 aliphatic heterocycles. The fraction of sp³-hybridized carbons (Fsp3) is 0.667. The van der Waals surface area contributed by atoms with E-state index in [-0.39, 0.29) is 0 Å². The number of thioether (sulfide) groups is 1. The number of nitrogens with two attached hydrogens (primary N) is 1. The van der Waals surface area contributed by atoms with E-state index in [1.54, 1.807) is 0 Å². The summed E-state index contributed by atoms with van der Waals surface area (Å²) in [5.41, 5.74) is 6.44. The molecule has 0 radical (unpaired) electrons. The summed E-state index contributed by atoms with van der Waals surface area (Å²) in [6.45, 7) is 6.62. The SMILES string of the molecule is CCOc1ncnc(NCCN2CCSCC2)c1N. The summed E-state index contributed by atoms with van der Waals surface area (Å²) < 4.78 is 5.34. The van der Waals surface area contributed by atoms with Gasteiger partial charge in [0.15, 0.2) is 5.82 Å². The minimum Gasteiger partial charge on any atom is -0.476 e. The molecule has 1 aromatic rings. The first kappa shape index (κ1) is 14.2. The van der Waals surface area contributed by atoms with Gasteiger partial charge in [-0.1, -0.05) is 0 Å². The van der Waals surface area contributed by atoms with Crippen LogP contribution >= 0.6 is 11.8 Å². The minimum absolute atomic E-state index is 0.453. The van der Waals surface area contributed by atoms with Crippen molar-refractivity contribution < 1.29 is 4.74 Å². The van der Waals surface area contributed by atoms with Gasteiger partial charge >= 0.3 is 0 Å². The Labute approximate surface area is 118 Å². The average Bonchev–Trinajstić information content (AvgIpc) is 2.44. The number of aromatic nitrogens is 2. The van der Waals surface area contributed by atoms with Gasteiger partial charge in [0.2, 0.25) is 5.88 Å². The molecule has 0 unspecified atom stereocenters. The van der Waals surface area contributed by atoms with Crippen LogP contribution in [-0.2, 0) is 0 Å². The molecule has 1 saturated heterocycles. The lowest BCUT2D eigenvalue weighted by Gasteiger charge is -2.26.